The molecule has 0 spiro atoms. The Kier molecular flexibility index (Phi) is 5.81. The van der Waals surface area contributed by atoms with Crippen LogP contribution < -0.4 is 5.73 Å². The van der Waals surface area contributed by atoms with E-state index in [2.05, 4.69) is 37.7 Å². The first-order valence-electron chi connectivity index (χ1n) is 8.27. The maximum absolute atomic E-state index is 6.25. The van der Waals surface area contributed by atoms with Crippen molar-refractivity contribution >= 4 is 11.3 Å². The van der Waals surface area contributed by atoms with E-state index in [4.69, 9.17) is 5.73 Å². The van der Waals surface area contributed by atoms with E-state index >= 15 is 0 Å². The summed E-state index contributed by atoms with van der Waals surface area (Å²) >= 11 is 1.77. The van der Waals surface area contributed by atoms with Gasteiger partial charge in [-0.1, -0.05) is 26.7 Å². The first-order valence-corrected chi connectivity index (χ1v) is 9.15. The molecule has 0 saturated heterocycles. The van der Waals surface area contributed by atoms with Crippen LogP contribution in [0.15, 0.2) is 5.51 Å². The average Bonchev–Trinajstić information content (AvgIpc) is 2.83. The van der Waals surface area contributed by atoms with Crippen molar-refractivity contribution in [1.29, 1.82) is 0 Å². The number of aromatic nitrogens is 1. The third kappa shape index (κ3) is 4.05. The van der Waals surface area contributed by atoms with Crippen molar-refractivity contribution in [2.45, 2.75) is 65.0 Å². The number of nitrogens with zero attached hydrogens (tertiary/aromatic N) is 2. The lowest BCUT2D eigenvalue weighted by Gasteiger charge is -2.47. The Balaban J connectivity index is 2.07. The standard InChI is InChI=1S/C17H31N3S/c1-13(2)8-15-6-5-7-17(9-15,11-18)20(4)10-16-14(3)19-12-21-16/h12-13,15H,5-11,18H2,1-4H3. The summed E-state index contributed by atoms with van der Waals surface area (Å²) in [6.07, 6.45) is 6.55. The maximum atomic E-state index is 6.25. The third-order valence-corrected chi connectivity index (χ3v) is 6.06. The summed E-state index contributed by atoms with van der Waals surface area (Å²) in [5.74, 6) is 1.63. The molecule has 1 aromatic rings. The van der Waals surface area contributed by atoms with E-state index < -0.39 is 0 Å². The van der Waals surface area contributed by atoms with Crippen LogP contribution in [-0.2, 0) is 6.54 Å². The Labute approximate surface area is 133 Å². The fourth-order valence-electron chi connectivity index (χ4n) is 3.88. The summed E-state index contributed by atoms with van der Waals surface area (Å²) in [6.45, 7) is 8.54. The first-order chi connectivity index (χ1) is 9.97. The number of rotatable bonds is 6. The van der Waals surface area contributed by atoms with Gasteiger partial charge >= 0.3 is 0 Å². The summed E-state index contributed by atoms with van der Waals surface area (Å²) in [6, 6.07) is 0. The molecule has 1 aliphatic rings. The second-order valence-electron chi connectivity index (χ2n) is 7.24. The fraction of sp³-hybridized carbons (Fsp3) is 0.824. The maximum Gasteiger partial charge on any atom is 0.0798 e. The summed E-state index contributed by atoms with van der Waals surface area (Å²) in [7, 11) is 2.25. The van der Waals surface area contributed by atoms with E-state index in [9.17, 15) is 0 Å². The quantitative estimate of drug-likeness (QED) is 0.868. The molecule has 2 rings (SSSR count). The molecular formula is C17H31N3S. The van der Waals surface area contributed by atoms with Gasteiger partial charge in [0.1, 0.15) is 0 Å². The van der Waals surface area contributed by atoms with Crippen LogP contribution >= 0.6 is 11.3 Å². The number of nitrogens with two attached hydrogens (primary N) is 1. The Hall–Kier alpha value is -0.450. The third-order valence-electron chi connectivity index (χ3n) is 5.14. The normalized spacial score (nSPS) is 26.7. The van der Waals surface area contributed by atoms with Gasteiger partial charge in [-0.25, -0.2) is 4.98 Å². The topological polar surface area (TPSA) is 42.2 Å². The highest BCUT2D eigenvalue weighted by atomic mass is 32.1. The van der Waals surface area contributed by atoms with Gasteiger partial charge in [0.2, 0.25) is 0 Å². The predicted molar refractivity (Wildman–Crippen MR) is 91.5 cm³/mol. The molecular weight excluding hydrogens is 278 g/mol. The van der Waals surface area contributed by atoms with Crippen molar-refractivity contribution in [2.24, 2.45) is 17.6 Å². The van der Waals surface area contributed by atoms with Crippen LogP contribution in [0.1, 0.15) is 56.5 Å². The van der Waals surface area contributed by atoms with Crippen LogP contribution in [0.2, 0.25) is 0 Å². The summed E-state index contributed by atoms with van der Waals surface area (Å²) in [4.78, 5) is 8.28. The van der Waals surface area contributed by atoms with Crippen molar-refractivity contribution in [1.82, 2.24) is 9.88 Å². The molecule has 3 nitrogen and oxygen atoms in total. The Morgan fingerprint density at radius 2 is 2.29 bits per heavy atom. The second kappa shape index (κ2) is 7.21. The van der Waals surface area contributed by atoms with Crippen LogP contribution in [0.5, 0.6) is 0 Å². The molecule has 0 aliphatic heterocycles. The lowest BCUT2D eigenvalue weighted by Crippen LogP contribution is -2.54. The molecule has 120 valence electrons. The van der Waals surface area contributed by atoms with Crippen LogP contribution in [0.4, 0.5) is 0 Å². The minimum Gasteiger partial charge on any atom is -0.329 e. The molecule has 1 aliphatic carbocycles. The molecule has 21 heavy (non-hydrogen) atoms. The van der Waals surface area contributed by atoms with Crippen molar-refractivity contribution in [3.05, 3.63) is 16.1 Å². The van der Waals surface area contributed by atoms with Crippen molar-refractivity contribution < 1.29 is 0 Å². The number of hydrogen-bond donors (Lipinski definition) is 1. The van der Waals surface area contributed by atoms with Gasteiger partial charge in [-0.3, -0.25) is 4.90 Å². The molecule has 0 bridgehead atoms. The molecule has 2 unspecified atom stereocenters. The minimum atomic E-state index is 0.189. The van der Waals surface area contributed by atoms with Gasteiger partial charge in [-0.15, -0.1) is 11.3 Å². The molecule has 2 atom stereocenters. The molecule has 4 heteroatoms. The van der Waals surface area contributed by atoms with Crippen LogP contribution in [0.3, 0.4) is 0 Å². The Bertz CT molecular complexity index is 443. The van der Waals surface area contributed by atoms with Crippen LogP contribution in [-0.4, -0.2) is 29.0 Å². The van der Waals surface area contributed by atoms with Gasteiger partial charge in [0.05, 0.1) is 11.2 Å². The Morgan fingerprint density at radius 1 is 1.52 bits per heavy atom. The number of hydrogen-bond acceptors (Lipinski definition) is 4. The number of thiazole rings is 1. The lowest BCUT2D eigenvalue weighted by atomic mass is 9.72. The Morgan fingerprint density at radius 3 is 2.86 bits per heavy atom. The monoisotopic (exact) mass is 309 g/mol. The zero-order chi connectivity index (χ0) is 15.5. The van der Waals surface area contributed by atoms with Crippen molar-refractivity contribution in [2.75, 3.05) is 13.6 Å². The van der Waals surface area contributed by atoms with Crippen molar-refractivity contribution in [3.8, 4) is 0 Å². The van der Waals surface area contributed by atoms with E-state index in [0.717, 1.165) is 24.9 Å². The first kappa shape index (κ1) is 16.9. The largest absolute Gasteiger partial charge is 0.329 e. The lowest BCUT2D eigenvalue weighted by molar-refractivity contribution is 0.0468. The van der Waals surface area contributed by atoms with E-state index in [1.54, 1.807) is 11.3 Å². The van der Waals surface area contributed by atoms with Gasteiger partial charge in [-0.05, 0) is 45.1 Å². The highest BCUT2D eigenvalue weighted by molar-refractivity contribution is 7.09. The van der Waals surface area contributed by atoms with Gasteiger partial charge in [0.15, 0.2) is 0 Å². The van der Waals surface area contributed by atoms with Crippen molar-refractivity contribution in [3.63, 3.8) is 0 Å². The summed E-state index contributed by atoms with van der Waals surface area (Å²) in [5.41, 5.74) is 9.56. The van der Waals surface area contributed by atoms with Crippen LogP contribution in [0.25, 0.3) is 0 Å². The van der Waals surface area contributed by atoms with E-state index in [-0.39, 0.29) is 5.54 Å². The molecule has 1 aromatic heterocycles. The predicted octanol–water partition coefficient (Wildman–Crippen LogP) is 3.82. The SMILES string of the molecule is Cc1ncsc1CN(C)C1(CN)CCCC(CC(C)C)C1. The smallest absolute Gasteiger partial charge is 0.0798 e. The van der Waals surface area contributed by atoms with E-state index in [0.29, 0.717) is 0 Å². The minimum absolute atomic E-state index is 0.189. The molecule has 0 aromatic carbocycles. The van der Waals surface area contributed by atoms with Gasteiger partial charge in [0.25, 0.3) is 0 Å². The molecule has 0 radical (unpaired) electrons. The fourth-order valence-corrected chi connectivity index (χ4v) is 4.71. The van der Waals surface area contributed by atoms with Gasteiger partial charge in [0, 0.05) is 23.5 Å². The summed E-state index contributed by atoms with van der Waals surface area (Å²) < 4.78 is 0. The van der Waals surface area contributed by atoms with Gasteiger partial charge in [-0.2, -0.15) is 0 Å². The van der Waals surface area contributed by atoms with Crippen LogP contribution in [0, 0.1) is 18.8 Å². The number of aryl methyl sites for hydroxylation is 1. The zero-order valence-electron chi connectivity index (χ0n) is 14.1. The average molecular weight is 310 g/mol. The molecule has 1 heterocycles. The highest BCUT2D eigenvalue weighted by Crippen LogP contribution is 2.39. The molecule has 2 N–H and O–H groups in total. The molecule has 1 fully saturated rings. The molecule has 1 saturated carbocycles. The van der Waals surface area contributed by atoms with Gasteiger partial charge < -0.3 is 5.73 Å². The second-order valence-corrected chi connectivity index (χ2v) is 8.18. The molecule has 0 amide bonds. The summed E-state index contributed by atoms with van der Waals surface area (Å²) in [5, 5.41) is 0. The van der Waals surface area contributed by atoms with E-state index in [1.165, 1.54) is 42.7 Å². The highest BCUT2D eigenvalue weighted by Gasteiger charge is 2.38. The number of likely N-dealkylation sites (N-methyl/N-ethyl adjacent to an activating group) is 1. The zero-order valence-corrected chi connectivity index (χ0v) is 14.9. The van der Waals surface area contributed by atoms with E-state index in [1.807, 2.05) is 5.51 Å².